The third-order valence-electron chi connectivity index (χ3n) is 2.86. The largest absolute Gasteiger partial charge is 0.467 e. The predicted molar refractivity (Wildman–Crippen MR) is 75.2 cm³/mol. The monoisotopic (exact) mass is 289 g/mol. The van der Waals surface area contributed by atoms with Gasteiger partial charge >= 0.3 is 11.9 Å². The van der Waals surface area contributed by atoms with Crippen molar-refractivity contribution in [3.8, 4) is 0 Å². The van der Waals surface area contributed by atoms with Crippen molar-refractivity contribution in [3.05, 3.63) is 53.5 Å². The van der Waals surface area contributed by atoms with Gasteiger partial charge in [-0.15, -0.1) is 0 Å². The Hall–Kier alpha value is -2.76. The Labute approximate surface area is 121 Å². The molecule has 0 aliphatic rings. The minimum atomic E-state index is -0.458. The van der Waals surface area contributed by atoms with Gasteiger partial charge in [-0.05, 0) is 18.2 Å². The Morgan fingerprint density at radius 1 is 1.14 bits per heavy atom. The van der Waals surface area contributed by atoms with Crippen molar-refractivity contribution in [1.29, 1.82) is 0 Å². The lowest BCUT2D eigenvalue weighted by molar-refractivity contribution is 0.0592. The van der Waals surface area contributed by atoms with Gasteiger partial charge in [-0.25, -0.2) is 9.59 Å². The number of carbonyl (C=O) groups excluding carboxylic acids is 2. The number of rotatable bonds is 5. The molecule has 0 bridgehead atoms. The number of furan rings is 1. The minimum Gasteiger partial charge on any atom is -0.467 e. The number of hydrogen-bond acceptors (Lipinski definition) is 6. The summed E-state index contributed by atoms with van der Waals surface area (Å²) in [5.41, 5.74) is 1.40. The highest BCUT2D eigenvalue weighted by molar-refractivity contribution is 5.95. The maximum atomic E-state index is 11.6. The highest BCUT2D eigenvalue weighted by Gasteiger charge is 2.13. The van der Waals surface area contributed by atoms with Gasteiger partial charge in [0.05, 0.1) is 31.9 Å². The third-order valence-corrected chi connectivity index (χ3v) is 2.86. The molecule has 0 fully saturated rings. The number of para-hydroxylation sites is 1. The number of anilines is 1. The van der Waals surface area contributed by atoms with E-state index in [0.717, 1.165) is 0 Å². The molecule has 0 spiro atoms. The fourth-order valence-electron chi connectivity index (χ4n) is 1.81. The van der Waals surface area contributed by atoms with Crippen LogP contribution >= 0.6 is 0 Å². The molecule has 6 heteroatoms. The van der Waals surface area contributed by atoms with E-state index in [0.29, 0.717) is 29.1 Å². The molecule has 0 atom stereocenters. The fraction of sp³-hybridized carbons (Fsp3) is 0.200. The zero-order valence-electron chi connectivity index (χ0n) is 11.7. The zero-order valence-corrected chi connectivity index (χ0v) is 11.7. The van der Waals surface area contributed by atoms with Crippen molar-refractivity contribution in [3.63, 3.8) is 0 Å². The van der Waals surface area contributed by atoms with E-state index in [1.807, 2.05) is 0 Å². The van der Waals surface area contributed by atoms with Crippen LogP contribution in [-0.4, -0.2) is 26.2 Å². The molecule has 1 N–H and O–H groups in total. The van der Waals surface area contributed by atoms with Crippen molar-refractivity contribution < 1.29 is 23.5 Å². The highest BCUT2D eigenvalue weighted by Crippen LogP contribution is 2.18. The van der Waals surface area contributed by atoms with E-state index in [1.165, 1.54) is 20.5 Å². The molecule has 6 nitrogen and oxygen atoms in total. The second kappa shape index (κ2) is 6.60. The molecule has 1 aromatic carbocycles. The van der Waals surface area contributed by atoms with Crippen molar-refractivity contribution in [2.75, 3.05) is 19.5 Å². The summed E-state index contributed by atoms with van der Waals surface area (Å²) in [5.74, 6) is -0.331. The minimum absolute atomic E-state index is 0.324. The summed E-state index contributed by atoms with van der Waals surface area (Å²) in [4.78, 5) is 23.0. The van der Waals surface area contributed by atoms with Crippen molar-refractivity contribution >= 4 is 17.6 Å². The first-order valence-corrected chi connectivity index (χ1v) is 6.22. The van der Waals surface area contributed by atoms with E-state index in [9.17, 15) is 9.59 Å². The van der Waals surface area contributed by atoms with Gasteiger partial charge in [0.15, 0.2) is 0 Å². The van der Waals surface area contributed by atoms with Crippen molar-refractivity contribution in [1.82, 2.24) is 0 Å². The van der Waals surface area contributed by atoms with E-state index < -0.39 is 11.9 Å². The Bertz CT molecular complexity index is 647. The van der Waals surface area contributed by atoms with E-state index in [1.54, 1.807) is 30.3 Å². The second-order valence-electron chi connectivity index (χ2n) is 4.18. The van der Waals surface area contributed by atoms with Gasteiger partial charge in [-0.1, -0.05) is 12.1 Å². The van der Waals surface area contributed by atoms with Gasteiger partial charge in [0.1, 0.15) is 12.0 Å². The van der Waals surface area contributed by atoms with Gasteiger partial charge in [-0.3, -0.25) is 0 Å². The molecule has 0 aliphatic heterocycles. The van der Waals surface area contributed by atoms with Gasteiger partial charge in [0, 0.05) is 5.69 Å². The average molecular weight is 289 g/mol. The summed E-state index contributed by atoms with van der Waals surface area (Å²) in [6.45, 7) is 0.324. The molecule has 0 saturated heterocycles. The number of ether oxygens (including phenoxy) is 2. The molecule has 0 saturated carbocycles. The lowest BCUT2D eigenvalue weighted by Gasteiger charge is -2.09. The normalized spacial score (nSPS) is 10.0. The standard InChI is InChI=1S/C15H15NO5/c1-19-14(17)10-7-11(21-9-10)8-16-13-6-4-3-5-12(13)15(18)20-2/h3-7,9,16H,8H2,1-2H3. The second-order valence-corrected chi connectivity index (χ2v) is 4.18. The third kappa shape index (κ3) is 3.42. The van der Waals surface area contributed by atoms with Gasteiger partial charge in [-0.2, -0.15) is 0 Å². The summed E-state index contributed by atoms with van der Waals surface area (Å²) in [6.07, 6.45) is 1.33. The van der Waals surface area contributed by atoms with Crippen molar-refractivity contribution in [2.24, 2.45) is 0 Å². The Morgan fingerprint density at radius 2 is 1.86 bits per heavy atom. The molecule has 0 unspecified atom stereocenters. The van der Waals surface area contributed by atoms with Gasteiger partial charge in [0.25, 0.3) is 0 Å². The predicted octanol–water partition coefficient (Wildman–Crippen LogP) is 2.46. The van der Waals surface area contributed by atoms with Crippen LogP contribution in [0.15, 0.2) is 41.0 Å². The number of nitrogens with one attached hydrogen (secondary N) is 1. The lowest BCUT2D eigenvalue weighted by Crippen LogP contribution is -2.07. The first kappa shape index (κ1) is 14.6. The van der Waals surface area contributed by atoms with Crippen LogP contribution in [-0.2, 0) is 16.0 Å². The maximum Gasteiger partial charge on any atom is 0.341 e. The molecule has 2 aromatic rings. The molecule has 1 heterocycles. The number of benzene rings is 1. The van der Waals surface area contributed by atoms with E-state index in [4.69, 9.17) is 9.15 Å². The molecule has 2 rings (SSSR count). The average Bonchev–Trinajstić information content (AvgIpc) is 3.00. The molecular weight excluding hydrogens is 274 g/mol. The van der Waals surface area contributed by atoms with Crippen LogP contribution in [0.4, 0.5) is 5.69 Å². The first-order valence-electron chi connectivity index (χ1n) is 6.22. The summed E-state index contributed by atoms with van der Waals surface area (Å²) < 4.78 is 14.6. The Kier molecular flexibility index (Phi) is 4.61. The summed E-state index contributed by atoms with van der Waals surface area (Å²) in [7, 11) is 2.63. The number of carbonyl (C=O) groups is 2. The van der Waals surface area contributed by atoms with Crippen LogP contribution in [0.25, 0.3) is 0 Å². The highest BCUT2D eigenvalue weighted by atomic mass is 16.5. The number of hydrogen-bond donors (Lipinski definition) is 1. The molecule has 0 radical (unpaired) electrons. The van der Waals surface area contributed by atoms with Crippen LogP contribution < -0.4 is 5.32 Å². The first-order chi connectivity index (χ1) is 10.2. The van der Waals surface area contributed by atoms with E-state index >= 15 is 0 Å². The molecular formula is C15H15NO5. The van der Waals surface area contributed by atoms with Crippen LogP contribution in [0.3, 0.4) is 0 Å². The Balaban J connectivity index is 2.08. The summed E-state index contributed by atoms with van der Waals surface area (Å²) >= 11 is 0. The summed E-state index contributed by atoms with van der Waals surface area (Å²) in [5, 5.41) is 3.07. The molecule has 0 aliphatic carbocycles. The smallest absolute Gasteiger partial charge is 0.341 e. The van der Waals surface area contributed by atoms with E-state index in [-0.39, 0.29) is 0 Å². The maximum absolute atomic E-state index is 11.6. The van der Waals surface area contributed by atoms with Gasteiger partial charge in [0.2, 0.25) is 0 Å². The lowest BCUT2D eigenvalue weighted by atomic mass is 10.2. The SMILES string of the molecule is COC(=O)c1coc(CNc2ccccc2C(=O)OC)c1. The van der Waals surface area contributed by atoms with Gasteiger partial charge < -0.3 is 19.2 Å². The summed E-state index contributed by atoms with van der Waals surface area (Å²) in [6, 6.07) is 8.56. The molecule has 0 amide bonds. The van der Waals surface area contributed by atoms with Crippen LogP contribution in [0.2, 0.25) is 0 Å². The number of esters is 2. The van der Waals surface area contributed by atoms with Crippen LogP contribution in [0.1, 0.15) is 26.5 Å². The Morgan fingerprint density at radius 3 is 2.57 bits per heavy atom. The van der Waals surface area contributed by atoms with Crippen LogP contribution in [0.5, 0.6) is 0 Å². The quantitative estimate of drug-likeness (QED) is 0.852. The van der Waals surface area contributed by atoms with Crippen LogP contribution in [0, 0.1) is 0 Å². The fourth-order valence-corrected chi connectivity index (χ4v) is 1.81. The molecule has 1 aromatic heterocycles. The molecule has 21 heavy (non-hydrogen) atoms. The molecule has 110 valence electrons. The number of methoxy groups -OCH3 is 2. The zero-order chi connectivity index (χ0) is 15.2. The topological polar surface area (TPSA) is 77.8 Å². The van der Waals surface area contributed by atoms with Crippen molar-refractivity contribution in [2.45, 2.75) is 6.54 Å². The van der Waals surface area contributed by atoms with E-state index in [2.05, 4.69) is 10.1 Å².